The molecule has 0 saturated heterocycles. The molecule has 5 heteroatoms. The topological polar surface area (TPSA) is 49.6 Å². The summed E-state index contributed by atoms with van der Waals surface area (Å²) in [5.41, 5.74) is 2.00. The molecule has 0 aliphatic heterocycles. The molecule has 1 aliphatic rings. The van der Waals surface area contributed by atoms with Crippen molar-refractivity contribution in [1.82, 2.24) is 9.38 Å². The van der Waals surface area contributed by atoms with Gasteiger partial charge in [-0.2, -0.15) is 0 Å². The fourth-order valence-electron chi connectivity index (χ4n) is 2.57. The first-order valence-electron chi connectivity index (χ1n) is 6.29. The van der Waals surface area contributed by atoms with Gasteiger partial charge in [0, 0.05) is 12.2 Å². The van der Waals surface area contributed by atoms with Crippen LogP contribution >= 0.6 is 15.9 Å². The molecule has 2 heterocycles. The van der Waals surface area contributed by atoms with E-state index in [-0.39, 0.29) is 6.10 Å². The average Bonchev–Trinajstić information content (AvgIpc) is 2.71. The summed E-state index contributed by atoms with van der Waals surface area (Å²) in [6, 6.07) is 4.40. The molecule has 96 valence electrons. The SMILES string of the molecule is O[C@H]1CCC[C@H](Nc2ccc3ncc(Br)n3c2)C1. The second kappa shape index (κ2) is 4.90. The molecule has 3 rings (SSSR count). The number of aromatic nitrogens is 2. The number of rotatable bonds is 2. The third-order valence-electron chi connectivity index (χ3n) is 3.48. The number of hydrogen-bond acceptors (Lipinski definition) is 3. The Bertz CT molecular complexity index is 554. The molecule has 0 spiro atoms. The Morgan fingerprint density at radius 1 is 1.39 bits per heavy atom. The van der Waals surface area contributed by atoms with Gasteiger partial charge in [-0.05, 0) is 53.7 Å². The van der Waals surface area contributed by atoms with Crippen LogP contribution in [0.25, 0.3) is 5.65 Å². The number of imidazole rings is 1. The highest BCUT2D eigenvalue weighted by molar-refractivity contribution is 9.10. The third-order valence-corrected chi connectivity index (χ3v) is 4.06. The number of pyridine rings is 1. The minimum atomic E-state index is -0.153. The van der Waals surface area contributed by atoms with Gasteiger partial charge in [-0.1, -0.05) is 0 Å². The van der Waals surface area contributed by atoms with Gasteiger partial charge in [0.05, 0.1) is 18.0 Å². The molecule has 0 aromatic carbocycles. The second-order valence-corrected chi connectivity index (χ2v) is 5.70. The predicted octanol–water partition coefficient (Wildman–Crippen LogP) is 2.81. The minimum absolute atomic E-state index is 0.153. The van der Waals surface area contributed by atoms with Crippen molar-refractivity contribution in [1.29, 1.82) is 0 Å². The summed E-state index contributed by atoms with van der Waals surface area (Å²) in [6.07, 6.45) is 7.67. The van der Waals surface area contributed by atoms with Gasteiger partial charge in [-0.15, -0.1) is 0 Å². The molecule has 4 nitrogen and oxygen atoms in total. The lowest BCUT2D eigenvalue weighted by Gasteiger charge is -2.27. The molecule has 2 atom stereocenters. The number of nitrogens with zero attached hydrogens (tertiary/aromatic N) is 2. The van der Waals surface area contributed by atoms with Gasteiger partial charge >= 0.3 is 0 Å². The second-order valence-electron chi connectivity index (χ2n) is 4.89. The summed E-state index contributed by atoms with van der Waals surface area (Å²) in [6.45, 7) is 0. The maximum absolute atomic E-state index is 9.68. The van der Waals surface area contributed by atoms with Crippen LogP contribution in [0, 0.1) is 0 Å². The highest BCUT2D eigenvalue weighted by atomic mass is 79.9. The van der Waals surface area contributed by atoms with Crippen LogP contribution in [-0.4, -0.2) is 26.6 Å². The zero-order chi connectivity index (χ0) is 12.5. The first-order valence-corrected chi connectivity index (χ1v) is 7.09. The van der Waals surface area contributed by atoms with E-state index in [2.05, 4.69) is 26.2 Å². The number of hydrogen-bond donors (Lipinski definition) is 2. The van der Waals surface area contributed by atoms with Crippen molar-refractivity contribution < 1.29 is 5.11 Å². The largest absolute Gasteiger partial charge is 0.393 e. The Hall–Kier alpha value is -1.07. The van der Waals surface area contributed by atoms with Gasteiger partial charge in [0.2, 0.25) is 0 Å². The fraction of sp³-hybridized carbons (Fsp3) is 0.462. The van der Waals surface area contributed by atoms with Crippen molar-refractivity contribution in [3.8, 4) is 0 Å². The summed E-state index contributed by atoms with van der Waals surface area (Å²) in [7, 11) is 0. The van der Waals surface area contributed by atoms with Gasteiger partial charge in [-0.25, -0.2) is 4.98 Å². The Kier molecular flexibility index (Phi) is 3.26. The number of nitrogens with one attached hydrogen (secondary N) is 1. The molecule has 18 heavy (non-hydrogen) atoms. The Labute approximate surface area is 114 Å². The van der Waals surface area contributed by atoms with Gasteiger partial charge in [0.25, 0.3) is 0 Å². The normalized spacial score (nSPS) is 24.3. The van der Waals surface area contributed by atoms with Crippen LogP contribution in [0.1, 0.15) is 25.7 Å². The maximum atomic E-state index is 9.68. The summed E-state index contributed by atoms with van der Waals surface area (Å²) >= 11 is 3.47. The van der Waals surface area contributed by atoms with E-state index in [1.54, 1.807) is 6.20 Å². The lowest BCUT2D eigenvalue weighted by atomic mass is 9.93. The van der Waals surface area contributed by atoms with Gasteiger partial charge in [0.15, 0.2) is 0 Å². The molecule has 2 aromatic rings. The smallest absolute Gasteiger partial charge is 0.137 e. The van der Waals surface area contributed by atoms with Crippen LogP contribution in [0.15, 0.2) is 29.1 Å². The molecular weight excluding hydrogens is 294 g/mol. The molecule has 0 bridgehead atoms. The third kappa shape index (κ3) is 2.37. The minimum Gasteiger partial charge on any atom is -0.393 e. The highest BCUT2D eigenvalue weighted by Gasteiger charge is 2.19. The first-order chi connectivity index (χ1) is 8.72. The van der Waals surface area contributed by atoms with Crippen molar-refractivity contribution in [3.05, 3.63) is 29.1 Å². The van der Waals surface area contributed by atoms with E-state index in [9.17, 15) is 5.11 Å². The Balaban J connectivity index is 1.79. The van der Waals surface area contributed by atoms with Crippen LogP contribution in [0.3, 0.4) is 0 Å². The first kappa shape index (κ1) is 12.0. The number of fused-ring (bicyclic) bond motifs is 1. The zero-order valence-corrected chi connectivity index (χ0v) is 11.6. The van der Waals surface area contributed by atoms with E-state index >= 15 is 0 Å². The summed E-state index contributed by atoms with van der Waals surface area (Å²) in [5.74, 6) is 0. The van der Waals surface area contributed by atoms with Gasteiger partial charge in [-0.3, -0.25) is 4.40 Å². The number of anilines is 1. The molecule has 0 amide bonds. The lowest BCUT2D eigenvalue weighted by molar-refractivity contribution is 0.124. The number of aliphatic hydroxyl groups excluding tert-OH is 1. The molecule has 0 radical (unpaired) electrons. The predicted molar refractivity (Wildman–Crippen MR) is 74.8 cm³/mol. The number of aliphatic hydroxyl groups is 1. The molecule has 1 saturated carbocycles. The van der Waals surface area contributed by atoms with Crippen LogP contribution in [0.4, 0.5) is 5.69 Å². The lowest BCUT2D eigenvalue weighted by Crippen LogP contribution is -2.29. The molecule has 1 aliphatic carbocycles. The van der Waals surface area contributed by atoms with E-state index in [1.807, 2.05) is 22.7 Å². The average molecular weight is 310 g/mol. The van der Waals surface area contributed by atoms with Crippen molar-refractivity contribution in [2.24, 2.45) is 0 Å². The Morgan fingerprint density at radius 2 is 2.28 bits per heavy atom. The zero-order valence-electron chi connectivity index (χ0n) is 10.0. The van der Waals surface area contributed by atoms with Crippen molar-refractivity contribution in [2.75, 3.05) is 5.32 Å². The fourth-order valence-corrected chi connectivity index (χ4v) is 2.95. The highest BCUT2D eigenvalue weighted by Crippen LogP contribution is 2.23. The van der Waals surface area contributed by atoms with E-state index in [1.165, 1.54) is 0 Å². The van der Waals surface area contributed by atoms with Crippen LogP contribution < -0.4 is 5.32 Å². The van der Waals surface area contributed by atoms with Crippen LogP contribution in [0.5, 0.6) is 0 Å². The molecule has 2 aromatic heterocycles. The van der Waals surface area contributed by atoms with Crippen molar-refractivity contribution >= 4 is 27.3 Å². The van der Waals surface area contributed by atoms with Crippen LogP contribution in [0.2, 0.25) is 0 Å². The Morgan fingerprint density at radius 3 is 3.11 bits per heavy atom. The maximum Gasteiger partial charge on any atom is 0.137 e. The molecule has 2 N–H and O–H groups in total. The molecule has 1 fully saturated rings. The number of halogens is 1. The van der Waals surface area contributed by atoms with Crippen LogP contribution in [-0.2, 0) is 0 Å². The quantitative estimate of drug-likeness (QED) is 0.897. The van der Waals surface area contributed by atoms with E-state index in [4.69, 9.17) is 0 Å². The van der Waals surface area contributed by atoms with Gasteiger partial charge in [0.1, 0.15) is 10.3 Å². The van der Waals surface area contributed by atoms with Crippen molar-refractivity contribution in [3.63, 3.8) is 0 Å². The monoisotopic (exact) mass is 309 g/mol. The van der Waals surface area contributed by atoms with E-state index in [0.29, 0.717) is 6.04 Å². The molecule has 0 unspecified atom stereocenters. The van der Waals surface area contributed by atoms with Crippen molar-refractivity contribution in [2.45, 2.75) is 37.8 Å². The van der Waals surface area contributed by atoms with E-state index in [0.717, 1.165) is 41.6 Å². The summed E-state index contributed by atoms with van der Waals surface area (Å²) in [5, 5.41) is 13.2. The molecular formula is C13H16BrN3O. The summed E-state index contributed by atoms with van der Waals surface area (Å²) in [4.78, 5) is 4.27. The summed E-state index contributed by atoms with van der Waals surface area (Å²) < 4.78 is 2.95. The van der Waals surface area contributed by atoms with Gasteiger partial charge < -0.3 is 10.4 Å². The van der Waals surface area contributed by atoms with E-state index < -0.39 is 0 Å². The standard InChI is InChI=1S/C13H16BrN3O/c14-12-7-15-13-5-4-10(8-17(12)13)16-9-2-1-3-11(18)6-9/h4-5,7-9,11,16,18H,1-3,6H2/t9-,11-/m0/s1.